The summed E-state index contributed by atoms with van der Waals surface area (Å²) < 4.78 is 4.47. The second-order valence-electron chi connectivity index (χ2n) is 5.39. The fourth-order valence-electron chi connectivity index (χ4n) is 2.67. The van der Waals surface area contributed by atoms with E-state index >= 15 is 0 Å². The maximum atomic E-state index is 10.8. The minimum absolute atomic E-state index is 0.322. The van der Waals surface area contributed by atoms with E-state index in [0.717, 1.165) is 19.3 Å². The summed E-state index contributed by atoms with van der Waals surface area (Å²) in [5, 5.41) is 0. The van der Waals surface area contributed by atoms with Crippen LogP contribution >= 0.6 is 0 Å². The molecule has 0 unspecified atom stereocenters. The fourth-order valence-corrected chi connectivity index (χ4v) is 2.67. The van der Waals surface area contributed by atoms with Crippen molar-refractivity contribution in [2.75, 3.05) is 7.11 Å². The Bertz CT molecular complexity index is 355. The molecule has 0 amide bonds. The number of carbonyl (C=O) groups excluding carboxylic acids is 1. The number of hydrogen-bond acceptors (Lipinski definition) is 2. The smallest absolute Gasteiger partial charge is 0.384 e. The molecule has 1 atom stereocenters. The molecule has 0 aromatic rings. The molecule has 94 valence electrons. The summed E-state index contributed by atoms with van der Waals surface area (Å²) in [6.45, 7) is 8.78. The highest BCUT2D eigenvalue weighted by Gasteiger charge is 2.33. The first-order valence-corrected chi connectivity index (χ1v) is 6.22. The minimum atomic E-state index is -0.452. The highest BCUT2D eigenvalue weighted by Crippen LogP contribution is 2.45. The normalized spacial score (nSPS) is 22.5. The van der Waals surface area contributed by atoms with Crippen LogP contribution in [0.1, 0.15) is 46.0 Å². The molecular weight excluding hydrogens is 212 g/mol. The maximum absolute atomic E-state index is 10.8. The molecule has 1 rings (SSSR count). The molecule has 0 heterocycles. The molecule has 0 bridgehead atoms. The third-order valence-corrected chi connectivity index (χ3v) is 3.69. The molecule has 0 radical (unpaired) electrons. The van der Waals surface area contributed by atoms with Crippen LogP contribution in [0.3, 0.4) is 0 Å². The van der Waals surface area contributed by atoms with E-state index in [1.165, 1.54) is 25.5 Å². The highest BCUT2D eigenvalue weighted by molar-refractivity contribution is 5.88. The van der Waals surface area contributed by atoms with Crippen molar-refractivity contribution in [2.24, 2.45) is 11.3 Å². The van der Waals surface area contributed by atoms with Crippen LogP contribution in [0.4, 0.5) is 0 Å². The van der Waals surface area contributed by atoms with Gasteiger partial charge in [-0.1, -0.05) is 31.9 Å². The van der Waals surface area contributed by atoms with Gasteiger partial charge >= 0.3 is 5.97 Å². The largest absolute Gasteiger partial charge is 0.459 e. The molecule has 1 aliphatic carbocycles. The van der Waals surface area contributed by atoms with Crippen molar-refractivity contribution >= 4 is 5.97 Å². The Labute approximate surface area is 104 Å². The molecule has 17 heavy (non-hydrogen) atoms. The molecule has 0 N–H and O–H groups in total. The second-order valence-corrected chi connectivity index (χ2v) is 5.39. The van der Waals surface area contributed by atoms with Crippen LogP contribution in [0, 0.1) is 23.2 Å². The molecule has 2 nitrogen and oxygen atoms in total. The molecule has 1 aliphatic rings. The number of ether oxygens (including phenoxy) is 1. The molecule has 0 aliphatic heterocycles. The quantitative estimate of drug-likeness (QED) is 0.317. The van der Waals surface area contributed by atoms with Crippen LogP contribution in [-0.4, -0.2) is 13.1 Å². The van der Waals surface area contributed by atoms with Crippen molar-refractivity contribution in [3.8, 4) is 11.8 Å². The summed E-state index contributed by atoms with van der Waals surface area (Å²) in [5.41, 5.74) is 1.67. The lowest BCUT2D eigenvalue weighted by Crippen LogP contribution is -2.29. The standard InChI is InChI=1S/C15H22O2/c1-12-8-7-11-15(2,3)13(12)9-5-6-10-14(16)17-4/h13H,1,5,7-9,11H2,2-4H3/t13-/m1/s1. The Balaban J connectivity index is 2.51. The zero-order valence-electron chi connectivity index (χ0n) is 11.1. The van der Waals surface area contributed by atoms with E-state index in [9.17, 15) is 4.79 Å². The highest BCUT2D eigenvalue weighted by atomic mass is 16.5. The SMILES string of the molecule is C=C1CCCC(C)(C)[C@@H]1CCC#CC(=O)OC. The topological polar surface area (TPSA) is 26.3 Å². The maximum Gasteiger partial charge on any atom is 0.384 e. The van der Waals surface area contributed by atoms with E-state index in [2.05, 4.69) is 37.0 Å². The Morgan fingerprint density at radius 3 is 2.88 bits per heavy atom. The molecule has 1 fully saturated rings. The average Bonchev–Trinajstić information content (AvgIpc) is 2.26. The summed E-state index contributed by atoms with van der Waals surface area (Å²) in [7, 11) is 1.35. The lowest BCUT2D eigenvalue weighted by Gasteiger charge is -2.40. The van der Waals surface area contributed by atoms with Gasteiger partial charge in [0.2, 0.25) is 0 Å². The van der Waals surface area contributed by atoms with Crippen molar-refractivity contribution in [1.29, 1.82) is 0 Å². The van der Waals surface area contributed by atoms with E-state index in [0.29, 0.717) is 11.3 Å². The van der Waals surface area contributed by atoms with Crippen molar-refractivity contribution in [1.82, 2.24) is 0 Å². The summed E-state index contributed by atoms with van der Waals surface area (Å²) in [6, 6.07) is 0. The Morgan fingerprint density at radius 2 is 2.29 bits per heavy atom. The van der Waals surface area contributed by atoms with Crippen molar-refractivity contribution in [3.05, 3.63) is 12.2 Å². The van der Waals surface area contributed by atoms with Gasteiger partial charge in [-0.05, 0) is 37.0 Å². The number of carbonyl (C=O) groups is 1. The molecule has 0 spiro atoms. The predicted molar refractivity (Wildman–Crippen MR) is 69.3 cm³/mol. The van der Waals surface area contributed by atoms with Crippen LogP contribution in [-0.2, 0) is 9.53 Å². The molecular formula is C15H22O2. The van der Waals surface area contributed by atoms with E-state index in [1.807, 2.05) is 0 Å². The second kappa shape index (κ2) is 5.91. The van der Waals surface area contributed by atoms with Gasteiger partial charge in [-0.3, -0.25) is 0 Å². The lowest BCUT2D eigenvalue weighted by molar-refractivity contribution is -0.133. The number of esters is 1. The molecule has 0 aromatic carbocycles. The van der Waals surface area contributed by atoms with Crippen molar-refractivity contribution < 1.29 is 9.53 Å². The molecule has 1 saturated carbocycles. The van der Waals surface area contributed by atoms with Gasteiger partial charge in [-0.15, -0.1) is 0 Å². The fraction of sp³-hybridized carbons (Fsp3) is 0.667. The van der Waals surface area contributed by atoms with Crippen LogP contribution in [0.25, 0.3) is 0 Å². The Hall–Kier alpha value is -1.23. The molecule has 2 heteroatoms. The van der Waals surface area contributed by atoms with Crippen molar-refractivity contribution in [3.63, 3.8) is 0 Å². The van der Waals surface area contributed by atoms with Gasteiger partial charge in [-0.2, -0.15) is 0 Å². The van der Waals surface area contributed by atoms with E-state index in [-0.39, 0.29) is 0 Å². The van der Waals surface area contributed by atoms with Gasteiger partial charge in [0.15, 0.2) is 0 Å². The van der Waals surface area contributed by atoms with Crippen LogP contribution in [0.2, 0.25) is 0 Å². The van der Waals surface area contributed by atoms with E-state index in [4.69, 9.17) is 0 Å². The van der Waals surface area contributed by atoms with Gasteiger partial charge in [0.1, 0.15) is 0 Å². The average molecular weight is 234 g/mol. The number of methoxy groups -OCH3 is 1. The zero-order valence-corrected chi connectivity index (χ0v) is 11.1. The predicted octanol–water partition coefficient (Wildman–Crippen LogP) is 3.33. The first kappa shape index (κ1) is 13.8. The van der Waals surface area contributed by atoms with Gasteiger partial charge in [-0.25, -0.2) is 4.79 Å². The molecule has 0 aromatic heterocycles. The van der Waals surface area contributed by atoms with E-state index in [1.54, 1.807) is 0 Å². The first-order valence-electron chi connectivity index (χ1n) is 6.22. The van der Waals surface area contributed by atoms with E-state index < -0.39 is 5.97 Å². The summed E-state index contributed by atoms with van der Waals surface area (Å²) in [4.78, 5) is 10.8. The lowest BCUT2D eigenvalue weighted by atomic mass is 9.65. The zero-order chi connectivity index (χ0) is 12.9. The summed E-state index contributed by atoms with van der Waals surface area (Å²) >= 11 is 0. The number of rotatable bonds is 2. The van der Waals surface area contributed by atoms with Crippen molar-refractivity contribution in [2.45, 2.75) is 46.0 Å². The summed E-state index contributed by atoms with van der Waals surface area (Å²) in [5.74, 6) is 5.43. The van der Waals surface area contributed by atoms with Gasteiger partial charge < -0.3 is 4.74 Å². The van der Waals surface area contributed by atoms with Gasteiger partial charge in [0.25, 0.3) is 0 Å². The minimum Gasteiger partial charge on any atom is -0.459 e. The molecule has 0 saturated heterocycles. The Kier molecular flexibility index (Phi) is 4.81. The third kappa shape index (κ3) is 3.93. The van der Waals surface area contributed by atoms with Gasteiger partial charge in [0, 0.05) is 12.3 Å². The summed E-state index contributed by atoms with van der Waals surface area (Å²) in [6.07, 6.45) is 5.37. The van der Waals surface area contributed by atoms with Crippen LogP contribution in [0.15, 0.2) is 12.2 Å². The Morgan fingerprint density at radius 1 is 1.59 bits per heavy atom. The number of allylic oxidation sites excluding steroid dienone is 1. The third-order valence-electron chi connectivity index (χ3n) is 3.69. The van der Waals surface area contributed by atoms with Gasteiger partial charge in [0.05, 0.1) is 7.11 Å². The monoisotopic (exact) mass is 234 g/mol. The number of hydrogen-bond donors (Lipinski definition) is 0. The first-order chi connectivity index (χ1) is 7.97. The van der Waals surface area contributed by atoms with Crippen LogP contribution in [0.5, 0.6) is 0 Å². The van der Waals surface area contributed by atoms with Crippen LogP contribution < -0.4 is 0 Å².